The van der Waals surface area contributed by atoms with E-state index in [1.165, 1.54) is 11.1 Å². The van der Waals surface area contributed by atoms with Crippen molar-refractivity contribution in [1.29, 1.82) is 0 Å². The zero-order valence-electron chi connectivity index (χ0n) is 11.2. The van der Waals surface area contributed by atoms with Crippen molar-refractivity contribution in [3.05, 3.63) is 60.9 Å². The lowest BCUT2D eigenvalue weighted by atomic mass is 9.95. The maximum atomic E-state index is 11.7. The number of halogens is 1. The van der Waals surface area contributed by atoms with Gasteiger partial charge in [0.15, 0.2) is 0 Å². The Morgan fingerprint density at radius 3 is 2.75 bits per heavy atom. The molecule has 0 spiro atoms. The topological polar surface area (TPSA) is 49.4 Å². The molecule has 1 aliphatic rings. The Morgan fingerprint density at radius 2 is 2.05 bits per heavy atom. The summed E-state index contributed by atoms with van der Waals surface area (Å²) in [6.45, 7) is 3.79. The van der Waals surface area contributed by atoms with Crippen LogP contribution in [0.4, 0.5) is 5.69 Å². The van der Waals surface area contributed by atoms with Gasteiger partial charge in [0.2, 0.25) is 10.9 Å². The molecule has 0 aromatic heterocycles. The molecule has 1 aliphatic heterocycles. The molecule has 0 bridgehead atoms. The van der Waals surface area contributed by atoms with Gasteiger partial charge in [-0.05, 0) is 41.8 Å². The quantitative estimate of drug-likeness (QED) is 0.686. The number of anilines is 1. The molecule has 1 heterocycles. The van der Waals surface area contributed by atoms with Crippen LogP contribution in [0.25, 0.3) is 0 Å². The average Bonchev–Trinajstić information content (AvgIpc) is 2.47. The molecule has 5 heteroatoms. The van der Waals surface area contributed by atoms with Crippen molar-refractivity contribution in [3.8, 4) is 0 Å². The Balaban J connectivity index is 1.90. The van der Waals surface area contributed by atoms with Crippen molar-refractivity contribution >= 4 is 17.5 Å². The highest BCUT2D eigenvalue weighted by Crippen LogP contribution is 2.25. The summed E-state index contributed by atoms with van der Waals surface area (Å²) in [6, 6.07) is 6.29. The molecule has 0 saturated heterocycles. The van der Waals surface area contributed by atoms with Crippen LogP contribution >= 0.6 is 11.8 Å². The largest absolute Gasteiger partial charge is 0.363 e. The second kappa shape index (κ2) is 5.04. The Morgan fingerprint density at radius 1 is 1.25 bits per heavy atom. The number of rotatable bonds is 3. The second-order valence-electron chi connectivity index (χ2n) is 5.22. The van der Waals surface area contributed by atoms with Gasteiger partial charge in [-0.2, -0.15) is 0 Å². The van der Waals surface area contributed by atoms with E-state index in [0.29, 0.717) is 24.3 Å². The molecule has 20 heavy (non-hydrogen) atoms. The van der Waals surface area contributed by atoms with E-state index < -0.39 is 0 Å². The van der Waals surface area contributed by atoms with Gasteiger partial charge in [-0.25, -0.2) is 4.84 Å². The van der Waals surface area contributed by atoms with Gasteiger partial charge in [0.1, 0.15) is 0 Å². The van der Waals surface area contributed by atoms with Crippen LogP contribution in [0, 0.1) is 6.92 Å². The van der Waals surface area contributed by atoms with Gasteiger partial charge in [0.25, 0.3) is 0 Å². The van der Waals surface area contributed by atoms with E-state index in [-0.39, 0.29) is 10.9 Å². The van der Waals surface area contributed by atoms with Crippen molar-refractivity contribution in [2.45, 2.75) is 26.4 Å². The van der Waals surface area contributed by atoms with Crippen molar-refractivity contribution in [3.63, 3.8) is 0 Å². The molecule has 104 valence electrons. The second-order valence-corrected chi connectivity index (χ2v) is 5.48. The highest BCUT2D eigenvalue weighted by atomic mass is 35.5. The summed E-state index contributed by atoms with van der Waals surface area (Å²) < 4.78 is 0. The summed E-state index contributed by atoms with van der Waals surface area (Å²) in [6.07, 6.45) is 0.891. The van der Waals surface area contributed by atoms with E-state index in [9.17, 15) is 9.59 Å². The van der Waals surface area contributed by atoms with Crippen LogP contribution in [0.3, 0.4) is 0 Å². The third-order valence-electron chi connectivity index (χ3n) is 3.99. The third kappa shape index (κ3) is 2.05. The SMILES string of the molecule is Cc1c(N2CCc3ccc(CNCl)cc3C2)c(=O)c1=O. The molecule has 2 aromatic carbocycles. The summed E-state index contributed by atoms with van der Waals surface area (Å²) in [7, 11) is 0. The van der Waals surface area contributed by atoms with E-state index in [1.54, 1.807) is 6.92 Å². The third-order valence-corrected chi connectivity index (χ3v) is 4.12. The van der Waals surface area contributed by atoms with Gasteiger partial charge in [0, 0.05) is 25.2 Å². The molecule has 2 aromatic rings. The number of benzene rings is 1. The lowest BCUT2D eigenvalue weighted by molar-refractivity contribution is 0.720. The van der Waals surface area contributed by atoms with Gasteiger partial charge in [-0.1, -0.05) is 18.2 Å². The molecule has 3 rings (SSSR count). The van der Waals surface area contributed by atoms with Crippen LogP contribution < -0.4 is 20.6 Å². The van der Waals surface area contributed by atoms with Gasteiger partial charge in [-0.15, -0.1) is 0 Å². The molecular weight excluding hydrogens is 276 g/mol. The van der Waals surface area contributed by atoms with Crippen molar-refractivity contribution in [2.24, 2.45) is 0 Å². The first-order valence-corrected chi connectivity index (χ1v) is 6.98. The van der Waals surface area contributed by atoms with Crippen LogP contribution in [0.1, 0.15) is 22.3 Å². The molecule has 0 amide bonds. The molecule has 1 N–H and O–H groups in total. The van der Waals surface area contributed by atoms with Gasteiger partial charge in [-0.3, -0.25) is 9.59 Å². The first-order chi connectivity index (χ1) is 9.61. The predicted molar refractivity (Wildman–Crippen MR) is 80.0 cm³/mol. The number of hydrogen-bond acceptors (Lipinski definition) is 4. The summed E-state index contributed by atoms with van der Waals surface area (Å²) in [5, 5.41) is 0. The van der Waals surface area contributed by atoms with Crippen LogP contribution in [-0.2, 0) is 19.5 Å². The molecular formula is C15H15ClN2O2. The van der Waals surface area contributed by atoms with Crippen LogP contribution in [0.15, 0.2) is 27.8 Å². The van der Waals surface area contributed by atoms with E-state index in [1.807, 2.05) is 4.90 Å². The Bertz CT molecular complexity index is 732. The molecule has 0 radical (unpaired) electrons. The molecule has 0 fully saturated rings. The van der Waals surface area contributed by atoms with E-state index in [0.717, 1.165) is 18.5 Å². The molecule has 4 nitrogen and oxygen atoms in total. The average molecular weight is 291 g/mol. The van der Waals surface area contributed by atoms with E-state index >= 15 is 0 Å². The maximum absolute atomic E-state index is 11.7. The fourth-order valence-corrected chi connectivity index (χ4v) is 3.02. The highest BCUT2D eigenvalue weighted by molar-refractivity contribution is 6.13. The monoisotopic (exact) mass is 290 g/mol. The summed E-state index contributed by atoms with van der Waals surface area (Å²) in [4.78, 5) is 27.6. The van der Waals surface area contributed by atoms with Gasteiger partial charge in [0.05, 0.1) is 5.69 Å². The lowest BCUT2D eigenvalue weighted by Crippen LogP contribution is -2.44. The minimum atomic E-state index is -0.343. The summed E-state index contributed by atoms with van der Waals surface area (Å²) >= 11 is 5.53. The smallest absolute Gasteiger partial charge is 0.249 e. The van der Waals surface area contributed by atoms with Gasteiger partial charge < -0.3 is 4.90 Å². The Labute approximate surface area is 121 Å². The summed E-state index contributed by atoms with van der Waals surface area (Å²) in [5.74, 6) is 0. The minimum Gasteiger partial charge on any atom is -0.363 e. The first kappa shape index (κ1) is 13.3. The fraction of sp³-hybridized carbons (Fsp3) is 0.333. The number of fused-ring (bicyclic) bond motifs is 1. The predicted octanol–water partition coefficient (Wildman–Crippen LogP) is 1.40. The number of hydrogen-bond donors (Lipinski definition) is 1. The fourth-order valence-electron chi connectivity index (χ4n) is 2.86. The van der Waals surface area contributed by atoms with Crippen LogP contribution in [0.2, 0.25) is 0 Å². The van der Waals surface area contributed by atoms with E-state index in [4.69, 9.17) is 11.8 Å². The maximum Gasteiger partial charge on any atom is 0.249 e. The van der Waals surface area contributed by atoms with Crippen molar-refractivity contribution in [2.75, 3.05) is 11.4 Å². The van der Waals surface area contributed by atoms with Gasteiger partial charge >= 0.3 is 0 Å². The van der Waals surface area contributed by atoms with Crippen molar-refractivity contribution < 1.29 is 0 Å². The Hall–Kier alpha value is -1.65. The molecule has 0 atom stereocenters. The Kier molecular flexibility index (Phi) is 3.36. The lowest BCUT2D eigenvalue weighted by Gasteiger charge is -2.32. The highest BCUT2D eigenvalue weighted by Gasteiger charge is 2.25. The van der Waals surface area contributed by atoms with Crippen LogP contribution in [0.5, 0.6) is 0 Å². The van der Waals surface area contributed by atoms with Crippen LogP contribution in [-0.4, -0.2) is 6.54 Å². The zero-order valence-corrected chi connectivity index (χ0v) is 12.0. The normalized spacial score (nSPS) is 14.6. The summed E-state index contributed by atoms with van der Waals surface area (Å²) in [5.41, 5.74) is 4.13. The molecule has 0 aliphatic carbocycles. The zero-order chi connectivity index (χ0) is 14.3. The minimum absolute atomic E-state index is 0.342. The standard InChI is InChI=1S/C15H15ClN2O2/c1-9-13(15(20)14(9)19)18-5-4-11-3-2-10(7-17-16)6-12(11)8-18/h2-3,6,17H,4-5,7-8H2,1H3. The number of nitrogens with one attached hydrogen (secondary N) is 1. The molecule has 0 saturated carbocycles. The molecule has 0 unspecified atom stereocenters. The first-order valence-electron chi connectivity index (χ1n) is 6.61. The van der Waals surface area contributed by atoms with Crippen molar-refractivity contribution in [1.82, 2.24) is 4.84 Å². The van der Waals surface area contributed by atoms with E-state index in [2.05, 4.69) is 23.0 Å². The number of nitrogens with zero attached hydrogens (tertiary/aromatic N) is 1.